The Balaban J connectivity index is 2.13. The standard InChI is InChI=1S/C12H19N3O/c1-3-15-10(2)9-11(13-15)12(16)14-7-5-4-6-8-14/h9H,3-8H2,1-2H3. The van der Waals surface area contributed by atoms with E-state index in [4.69, 9.17) is 0 Å². The minimum absolute atomic E-state index is 0.0926. The van der Waals surface area contributed by atoms with E-state index in [-0.39, 0.29) is 5.91 Å². The molecule has 0 aliphatic carbocycles. The fourth-order valence-electron chi connectivity index (χ4n) is 2.19. The third-order valence-corrected chi connectivity index (χ3v) is 3.14. The number of hydrogen-bond donors (Lipinski definition) is 0. The van der Waals surface area contributed by atoms with Gasteiger partial charge in [-0.15, -0.1) is 0 Å². The summed E-state index contributed by atoms with van der Waals surface area (Å²) in [5.41, 5.74) is 1.66. The van der Waals surface area contributed by atoms with Gasteiger partial charge in [0.25, 0.3) is 5.91 Å². The summed E-state index contributed by atoms with van der Waals surface area (Å²) in [6.45, 7) is 6.62. The zero-order valence-corrected chi connectivity index (χ0v) is 10.1. The lowest BCUT2D eigenvalue weighted by atomic mass is 10.1. The summed E-state index contributed by atoms with van der Waals surface area (Å²) in [4.78, 5) is 14.1. The number of carbonyl (C=O) groups is 1. The molecule has 16 heavy (non-hydrogen) atoms. The molecule has 1 amide bonds. The van der Waals surface area contributed by atoms with Crippen molar-refractivity contribution in [1.29, 1.82) is 0 Å². The van der Waals surface area contributed by atoms with Gasteiger partial charge in [0.15, 0.2) is 5.69 Å². The molecule has 0 radical (unpaired) electrons. The largest absolute Gasteiger partial charge is 0.337 e. The minimum atomic E-state index is 0.0926. The first kappa shape index (κ1) is 11.2. The summed E-state index contributed by atoms with van der Waals surface area (Å²) < 4.78 is 1.87. The molecule has 2 heterocycles. The molecule has 2 rings (SSSR count). The van der Waals surface area contributed by atoms with E-state index >= 15 is 0 Å². The van der Waals surface area contributed by atoms with Gasteiger partial charge in [0.1, 0.15) is 0 Å². The predicted molar refractivity (Wildman–Crippen MR) is 62.4 cm³/mol. The van der Waals surface area contributed by atoms with Crippen molar-refractivity contribution in [2.24, 2.45) is 0 Å². The topological polar surface area (TPSA) is 38.1 Å². The highest BCUT2D eigenvalue weighted by molar-refractivity contribution is 5.92. The van der Waals surface area contributed by atoms with Crippen LogP contribution >= 0.6 is 0 Å². The second-order valence-corrected chi connectivity index (χ2v) is 4.34. The Hall–Kier alpha value is -1.32. The Labute approximate surface area is 96.2 Å². The van der Waals surface area contributed by atoms with Crippen LogP contribution < -0.4 is 0 Å². The second-order valence-electron chi connectivity index (χ2n) is 4.34. The Morgan fingerprint density at radius 1 is 1.38 bits per heavy atom. The lowest BCUT2D eigenvalue weighted by Crippen LogP contribution is -2.35. The lowest BCUT2D eigenvalue weighted by molar-refractivity contribution is 0.0717. The van der Waals surface area contributed by atoms with Gasteiger partial charge < -0.3 is 4.90 Å². The average Bonchev–Trinajstić information content (AvgIpc) is 2.71. The van der Waals surface area contributed by atoms with Crippen LogP contribution in [-0.4, -0.2) is 33.7 Å². The maximum atomic E-state index is 12.1. The molecule has 1 aromatic rings. The second kappa shape index (κ2) is 4.68. The van der Waals surface area contributed by atoms with Crippen LogP contribution in [0.15, 0.2) is 6.07 Å². The number of piperidine rings is 1. The van der Waals surface area contributed by atoms with E-state index in [1.807, 2.05) is 29.5 Å². The van der Waals surface area contributed by atoms with Crippen molar-refractivity contribution in [1.82, 2.24) is 14.7 Å². The zero-order valence-electron chi connectivity index (χ0n) is 10.1. The first-order valence-electron chi connectivity index (χ1n) is 6.06. The molecule has 0 atom stereocenters. The van der Waals surface area contributed by atoms with Gasteiger partial charge in [0, 0.05) is 25.3 Å². The number of carbonyl (C=O) groups excluding carboxylic acids is 1. The molecule has 4 heteroatoms. The van der Waals surface area contributed by atoms with E-state index < -0.39 is 0 Å². The average molecular weight is 221 g/mol. The fraction of sp³-hybridized carbons (Fsp3) is 0.667. The molecule has 1 aromatic heterocycles. The predicted octanol–water partition coefficient (Wildman–Crippen LogP) is 1.84. The molecule has 1 fully saturated rings. The van der Waals surface area contributed by atoms with Crippen LogP contribution in [0.25, 0.3) is 0 Å². The number of aryl methyl sites for hydroxylation is 2. The summed E-state index contributed by atoms with van der Waals surface area (Å²) in [5.74, 6) is 0.0926. The van der Waals surface area contributed by atoms with Gasteiger partial charge in [-0.1, -0.05) is 0 Å². The van der Waals surface area contributed by atoms with E-state index in [9.17, 15) is 4.79 Å². The smallest absolute Gasteiger partial charge is 0.274 e. The molecule has 0 bridgehead atoms. The summed E-state index contributed by atoms with van der Waals surface area (Å²) in [7, 11) is 0. The molecule has 0 unspecified atom stereocenters. The Morgan fingerprint density at radius 2 is 2.06 bits per heavy atom. The molecule has 88 valence electrons. The van der Waals surface area contributed by atoms with Gasteiger partial charge in [0.2, 0.25) is 0 Å². The molecule has 0 N–H and O–H groups in total. The molecule has 0 saturated carbocycles. The molecule has 1 saturated heterocycles. The quantitative estimate of drug-likeness (QED) is 0.764. The monoisotopic (exact) mass is 221 g/mol. The van der Waals surface area contributed by atoms with Gasteiger partial charge in [-0.05, 0) is 39.2 Å². The highest BCUT2D eigenvalue weighted by Gasteiger charge is 2.20. The van der Waals surface area contributed by atoms with Gasteiger partial charge in [-0.2, -0.15) is 5.10 Å². The zero-order chi connectivity index (χ0) is 11.5. The van der Waals surface area contributed by atoms with Crippen molar-refractivity contribution in [3.63, 3.8) is 0 Å². The van der Waals surface area contributed by atoms with E-state index in [0.29, 0.717) is 5.69 Å². The maximum absolute atomic E-state index is 12.1. The molecule has 1 aliphatic rings. The number of likely N-dealkylation sites (tertiary alicyclic amines) is 1. The van der Waals surface area contributed by atoms with Crippen LogP contribution in [0.5, 0.6) is 0 Å². The van der Waals surface area contributed by atoms with Crippen LogP contribution in [0.2, 0.25) is 0 Å². The van der Waals surface area contributed by atoms with Crippen LogP contribution in [-0.2, 0) is 6.54 Å². The SMILES string of the molecule is CCn1nc(C(=O)N2CCCCC2)cc1C. The molecular weight excluding hydrogens is 202 g/mol. The van der Waals surface area contributed by atoms with Crippen LogP contribution in [0.3, 0.4) is 0 Å². The summed E-state index contributed by atoms with van der Waals surface area (Å²) >= 11 is 0. The maximum Gasteiger partial charge on any atom is 0.274 e. The molecule has 1 aliphatic heterocycles. The Bertz CT molecular complexity index is 378. The minimum Gasteiger partial charge on any atom is -0.337 e. The van der Waals surface area contributed by atoms with Crippen molar-refractivity contribution >= 4 is 5.91 Å². The third kappa shape index (κ3) is 2.10. The fourth-order valence-corrected chi connectivity index (χ4v) is 2.19. The third-order valence-electron chi connectivity index (χ3n) is 3.14. The van der Waals surface area contributed by atoms with Crippen molar-refractivity contribution in [3.05, 3.63) is 17.5 Å². The summed E-state index contributed by atoms with van der Waals surface area (Å²) in [5, 5.41) is 4.33. The number of hydrogen-bond acceptors (Lipinski definition) is 2. The molecule has 0 aromatic carbocycles. The van der Waals surface area contributed by atoms with Gasteiger partial charge in [-0.25, -0.2) is 0 Å². The van der Waals surface area contributed by atoms with Crippen LogP contribution in [0.1, 0.15) is 42.4 Å². The van der Waals surface area contributed by atoms with Gasteiger partial charge in [0.05, 0.1) is 0 Å². The Kier molecular flexibility index (Phi) is 3.27. The van der Waals surface area contributed by atoms with E-state index in [0.717, 1.165) is 38.2 Å². The lowest BCUT2D eigenvalue weighted by Gasteiger charge is -2.25. The highest BCUT2D eigenvalue weighted by atomic mass is 16.2. The normalized spacial score (nSPS) is 16.5. The summed E-state index contributed by atoms with van der Waals surface area (Å²) in [6, 6.07) is 1.89. The van der Waals surface area contributed by atoms with Crippen molar-refractivity contribution in [2.45, 2.75) is 39.7 Å². The van der Waals surface area contributed by atoms with Crippen molar-refractivity contribution in [2.75, 3.05) is 13.1 Å². The first-order valence-corrected chi connectivity index (χ1v) is 6.06. The highest BCUT2D eigenvalue weighted by Crippen LogP contribution is 2.13. The van der Waals surface area contributed by atoms with Crippen LogP contribution in [0, 0.1) is 6.92 Å². The van der Waals surface area contributed by atoms with E-state index in [1.165, 1.54) is 6.42 Å². The van der Waals surface area contributed by atoms with E-state index in [1.54, 1.807) is 0 Å². The van der Waals surface area contributed by atoms with Gasteiger partial charge in [-0.3, -0.25) is 9.48 Å². The molecule has 4 nitrogen and oxygen atoms in total. The van der Waals surface area contributed by atoms with E-state index in [2.05, 4.69) is 5.10 Å². The molecular formula is C12H19N3O. The number of nitrogens with zero attached hydrogens (tertiary/aromatic N) is 3. The Morgan fingerprint density at radius 3 is 2.62 bits per heavy atom. The van der Waals surface area contributed by atoms with Crippen molar-refractivity contribution < 1.29 is 4.79 Å². The van der Waals surface area contributed by atoms with Crippen molar-refractivity contribution in [3.8, 4) is 0 Å². The summed E-state index contributed by atoms with van der Waals surface area (Å²) in [6.07, 6.45) is 3.49. The number of aromatic nitrogens is 2. The number of rotatable bonds is 2. The molecule has 0 spiro atoms. The number of amides is 1. The first-order chi connectivity index (χ1) is 7.72. The van der Waals surface area contributed by atoms with Gasteiger partial charge >= 0.3 is 0 Å². The van der Waals surface area contributed by atoms with Crippen LogP contribution in [0.4, 0.5) is 0 Å².